The van der Waals surface area contributed by atoms with Crippen molar-refractivity contribution < 1.29 is 0 Å². The number of benzene rings is 1. The van der Waals surface area contributed by atoms with Crippen LogP contribution in [0.5, 0.6) is 0 Å². The second-order valence-electron chi connectivity index (χ2n) is 9.46. The van der Waals surface area contributed by atoms with Crippen molar-refractivity contribution in [2.24, 2.45) is 0 Å². The van der Waals surface area contributed by atoms with Gasteiger partial charge in [0.05, 0.1) is 5.39 Å². The van der Waals surface area contributed by atoms with Gasteiger partial charge in [0.2, 0.25) is 0 Å². The molecule has 4 heterocycles. The maximum atomic E-state index is 5.19. The van der Waals surface area contributed by atoms with Crippen LogP contribution in [0.1, 0.15) is 37.4 Å². The average Bonchev–Trinajstić information content (AvgIpc) is 3.58. The fourth-order valence-electron chi connectivity index (χ4n) is 5.26. The number of anilines is 1. The summed E-state index contributed by atoms with van der Waals surface area (Å²) in [6, 6.07) is 11.5. The lowest BCUT2D eigenvalue weighted by Gasteiger charge is -2.43. The van der Waals surface area contributed by atoms with Gasteiger partial charge >= 0.3 is 0 Å². The number of nitrogens with zero attached hydrogens (tertiary/aromatic N) is 5. The van der Waals surface area contributed by atoms with E-state index in [9.17, 15) is 0 Å². The van der Waals surface area contributed by atoms with Gasteiger partial charge in [-0.2, -0.15) is 0 Å². The van der Waals surface area contributed by atoms with E-state index in [2.05, 4.69) is 57.5 Å². The first-order valence-corrected chi connectivity index (χ1v) is 12.7. The average molecular weight is 434 g/mol. The fraction of sp³-hybridized carbons (Fsp3) is 0.520. The Morgan fingerprint density at radius 3 is 2.48 bits per heavy atom. The third kappa shape index (κ3) is 3.86. The second kappa shape index (κ2) is 8.15. The van der Waals surface area contributed by atoms with Crippen LogP contribution in [0.15, 0.2) is 35.7 Å². The summed E-state index contributed by atoms with van der Waals surface area (Å²) in [4.78, 5) is 19.1. The van der Waals surface area contributed by atoms with E-state index < -0.39 is 0 Å². The summed E-state index contributed by atoms with van der Waals surface area (Å²) < 4.78 is 0. The Labute approximate surface area is 188 Å². The summed E-state index contributed by atoms with van der Waals surface area (Å²) in [5.74, 6) is 2.82. The number of aromatic nitrogens is 2. The van der Waals surface area contributed by atoms with Gasteiger partial charge in [0, 0.05) is 55.6 Å². The first kappa shape index (κ1) is 19.6. The molecule has 1 unspecified atom stereocenters. The normalized spacial score (nSPS) is 23.5. The number of likely N-dealkylation sites (N-methyl/N-ethyl adjacent to an activating group) is 1. The number of hydrogen-bond acceptors (Lipinski definition) is 6. The summed E-state index contributed by atoms with van der Waals surface area (Å²) in [5, 5.41) is 3.54. The molecule has 1 aliphatic carbocycles. The molecule has 6 rings (SSSR count). The Morgan fingerprint density at radius 1 is 0.935 bits per heavy atom. The molecule has 3 fully saturated rings. The van der Waals surface area contributed by atoms with Crippen molar-refractivity contribution in [3.05, 3.63) is 41.5 Å². The molecule has 5 nitrogen and oxygen atoms in total. The van der Waals surface area contributed by atoms with Gasteiger partial charge in [0.25, 0.3) is 0 Å². The molecule has 162 valence electrons. The molecule has 31 heavy (non-hydrogen) atoms. The van der Waals surface area contributed by atoms with Gasteiger partial charge in [-0.1, -0.05) is 30.3 Å². The Hall–Kier alpha value is -2.02. The largest absolute Gasteiger partial charge is 0.353 e. The van der Waals surface area contributed by atoms with Crippen LogP contribution < -0.4 is 4.90 Å². The van der Waals surface area contributed by atoms with Crippen molar-refractivity contribution >= 4 is 27.4 Å². The van der Waals surface area contributed by atoms with Crippen molar-refractivity contribution in [2.45, 2.75) is 37.6 Å². The smallest absolute Gasteiger partial charge is 0.141 e. The minimum atomic E-state index is 0.574. The highest BCUT2D eigenvalue weighted by Gasteiger charge is 2.32. The lowest BCUT2D eigenvalue weighted by molar-refractivity contribution is 0.106. The summed E-state index contributed by atoms with van der Waals surface area (Å²) in [7, 11) is 2.27. The summed E-state index contributed by atoms with van der Waals surface area (Å²) >= 11 is 1.78. The van der Waals surface area contributed by atoms with E-state index in [1.54, 1.807) is 11.3 Å². The molecule has 2 aliphatic heterocycles. The molecule has 0 radical (unpaired) electrons. The van der Waals surface area contributed by atoms with Crippen molar-refractivity contribution in [3.8, 4) is 11.1 Å². The molecule has 0 N–H and O–H groups in total. The minimum Gasteiger partial charge on any atom is -0.353 e. The Bertz CT molecular complexity index is 1050. The molecule has 3 aromatic rings. The Balaban J connectivity index is 1.32. The van der Waals surface area contributed by atoms with Gasteiger partial charge in [-0.05, 0) is 44.8 Å². The van der Waals surface area contributed by atoms with Crippen LogP contribution in [0.25, 0.3) is 21.3 Å². The molecule has 1 aromatic carbocycles. The fourth-order valence-corrected chi connectivity index (χ4v) is 6.21. The molecule has 0 bridgehead atoms. The number of rotatable bonds is 4. The van der Waals surface area contributed by atoms with Crippen molar-refractivity contribution in [1.82, 2.24) is 19.8 Å². The SMILES string of the molecule is CN1CCCC(N2CCN(c3nc(C4CC4)nc4scc(-c5ccccc5)c34)CC2)C1. The molecule has 2 aromatic heterocycles. The zero-order valence-electron chi connectivity index (χ0n) is 18.3. The summed E-state index contributed by atoms with van der Waals surface area (Å²) in [6.07, 6.45) is 5.15. The van der Waals surface area contributed by atoms with Crippen molar-refractivity contribution in [2.75, 3.05) is 51.2 Å². The lowest BCUT2D eigenvalue weighted by Crippen LogP contribution is -2.54. The predicted octanol–water partition coefficient (Wildman–Crippen LogP) is 4.45. The number of piperazine rings is 1. The standard InChI is InChI=1S/C25H31N5S/c1-28-11-5-8-20(16-28)29-12-14-30(15-13-29)24-22-21(18-6-3-2-4-7-18)17-31-25(22)27-23(26-24)19-9-10-19/h2-4,6-7,17,19-20H,5,8-16H2,1H3. The van der Waals surface area contributed by atoms with Crippen LogP contribution in [0, 0.1) is 0 Å². The van der Waals surface area contributed by atoms with Gasteiger partial charge < -0.3 is 9.80 Å². The van der Waals surface area contributed by atoms with Crippen molar-refractivity contribution in [3.63, 3.8) is 0 Å². The topological polar surface area (TPSA) is 35.5 Å². The van der Waals surface area contributed by atoms with Crippen LogP contribution >= 0.6 is 11.3 Å². The number of thiophene rings is 1. The third-order valence-electron chi connectivity index (χ3n) is 7.19. The highest BCUT2D eigenvalue weighted by Crippen LogP contribution is 2.43. The molecular formula is C25H31N5S. The van der Waals surface area contributed by atoms with Gasteiger partial charge in [0.15, 0.2) is 0 Å². The van der Waals surface area contributed by atoms with E-state index in [1.165, 1.54) is 61.1 Å². The minimum absolute atomic E-state index is 0.574. The van der Waals surface area contributed by atoms with Crippen LogP contribution in [0.3, 0.4) is 0 Å². The van der Waals surface area contributed by atoms with Crippen molar-refractivity contribution in [1.29, 1.82) is 0 Å². The number of hydrogen-bond donors (Lipinski definition) is 0. The third-order valence-corrected chi connectivity index (χ3v) is 8.06. The molecule has 1 atom stereocenters. The summed E-state index contributed by atoms with van der Waals surface area (Å²) in [6.45, 7) is 6.84. The van der Waals surface area contributed by atoms with Gasteiger partial charge in [0.1, 0.15) is 16.5 Å². The van der Waals surface area contributed by atoms with E-state index in [4.69, 9.17) is 9.97 Å². The number of piperidine rings is 1. The quantitative estimate of drug-likeness (QED) is 0.607. The van der Waals surface area contributed by atoms with E-state index in [1.807, 2.05) is 0 Å². The maximum absolute atomic E-state index is 5.19. The second-order valence-corrected chi connectivity index (χ2v) is 10.3. The lowest BCUT2D eigenvalue weighted by atomic mass is 10.0. The first-order chi connectivity index (χ1) is 15.3. The highest BCUT2D eigenvalue weighted by atomic mass is 32.1. The van der Waals surface area contributed by atoms with Crippen LogP contribution in [0.4, 0.5) is 5.82 Å². The number of likely N-dealkylation sites (tertiary alicyclic amines) is 1. The molecule has 1 saturated carbocycles. The summed E-state index contributed by atoms with van der Waals surface area (Å²) in [5.41, 5.74) is 2.55. The zero-order valence-corrected chi connectivity index (χ0v) is 19.2. The van der Waals surface area contributed by atoms with E-state index >= 15 is 0 Å². The van der Waals surface area contributed by atoms with E-state index in [-0.39, 0.29) is 0 Å². The van der Waals surface area contributed by atoms with Gasteiger partial charge in [-0.3, -0.25) is 4.90 Å². The predicted molar refractivity (Wildman–Crippen MR) is 129 cm³/mol. The maximum Gasteiger partial charge on any atom is 0.141 e. The number of fused-ring (bicyclic) bond motifs is 1. The molecule has 0 amide bonds. The van der Waals surface area contributed by atoms with E-state index in [0.29, 0.717) is 5.92 Å². The zero-order chi connectivity index (χ0) is 20.8. The van der Waals surface area contributed by atoms with Crippen LogP contribution in [-0.4, -0.2) is 72.1 Å². The molecule has 6 heteroatoms. The van der Waals surface area contributed by atoms with E-state index in [0.717, 1.165) is 42.9 Å². The Morgan fingerprint density at radius 2 is 1.74 bits per heavy atom. The Kier molecular flexibility index (Phi) is 5.17. The first-order valence-electron chi connectivity index (χ1n) is 11.8. The molecule has 0 spiro atoms. The van der Waals surface area contributed by atoms with Crippen LogP contribution in [-0.2, 0) is 0 Å². The van der Waals surface area contributed by atoms with Crippen LogP contribution in [0.2, 0.25) is 0 Å². The molecular weight excluding hydrogens is 402 g/mol. The monoisotopic (exact) mass is 433 g/mol. The van der Waals surface area contributed by atoms with Gasteiger partial charge in [-0.15, -0.1) is 11.3 Å². The molecule has 3 aliphatic rings. The van der Waals surface area contributed by atoms with Gasteiger partial charge in [-0.25, -0.2) is 9.97 Å². The highest BCUT2D eigenvalue weighted by molar-refractivity contribution is 7.17. The molecule has 2 saturated heterocycles.